The van der Waals surface area contributed by atoms with Gasteiger partial charge < -0.3 is 0 Å². The minimum absolute atomic E-state index is 0.255. The highest BCUT2D eigenvalue weighted by Crippen LogP contribution is 2.65. The van der Waals surface area contributed by atoms with E-state index in [1.165, 1.54) is 0 Å². The van der Waals surface area contributed by atoms with E-state index in [-0.39, 0.29) is 10.2 Å². The van der Waals surface area contributed by atoms with Crippen molar-refractivity contribution in [2.75, 3.05) is 12.8 Å². The lowest BCUT2D eigenvalue weighted by Crippen LogP contribution is -2.12. The van der Waals surface area contributed by atoms with Crippen LogP contribution >= 0.6 is 30.5 Å². The van der Waals surface area contributed by atoms with Gasteiger partial charge in [-0.3, -0.25) is 0 Å². The molecule has 0 bridgehead atoms. The van der Waals surface area contributed by atoms with Gasteiger partial charge in [-0.1, -0.05) is 23.2 Å². The van der Waals surface area contributed by atoms with Gasteiger partial charge in [-0.25, -0.2) is 0 Å². The number of alkyl halides is 2. The second kappa shape index (κ2) is 4.14. The van der Waals surface area contributed by atoms with Crippen molar-refractivity contribution in [3.05, 3.63) is 0 Å². The molecule has 0 rings (SSSR count). The fourth-order valence-corrected chi connectivity index (χ4v) is 4.37. The zero-order chi connectivity index (χ0) is 8.36. The summed E-state index contributed by atoms with van der Waals surface area (Å²) >= 11 is 12.1. The van der Waals surface area contributed by atoms with E-state index in [9.17, 15) is 0 Å². The van der Waals surface area contributed by atoms with Crippen LogP contribution in [-0.4, -0.2) is 23.1 Å². The first kappa shape index (κ1) is 11.0. The monoisotopic (exact) mass is 201 g/mol. The summed E-state index contributed by atoms with van der Waals surface area (Å²) in [5.74, 6) is 0. The second-order valence-electron chi connectivity index (χ2n) is 2.81. The maximum absolute atomic E-state index is 6.05. The molecule has 0 saturated carbocycles. The molecule has 0 saturated heterocycles. The smallest absolute Gasteiger partial charge is 0.0789 e. The van der Waals surface area contributed by atoms with Crippen LogP contribution in [0, 0.1) is 0 Å². The number of hydrogen-bond donors (Lipinski definition) is 0. The second-order valence-corrected chi connectivity index (χ2v) is 9.60. The quantitative estimate of drug-likeness (QED) is 0.482. The van der Waals surface area contributed by atoms with Crippen LogP contribution in [0.1, 0.15) is 20.8 Å². The van der Waals surface area contributed by atoms with Crippen LogP contribution in [0.25, 0.3) is 0 Å². The molecule has 0 fully saturated rings. The molecule has 10 heavy (non-hydrogen) atoms. The normalized spacial score (nSPS) is 23.4. The molecule has 0 nitrogen and oxygen atoms in total. The lowest BCUT2D eigenvalue weighted by molar-refractivity contribution is 1.21. The average Bonchev–Trinajstić information content (AvgIpc) is 1.85. The maximum atomic E-state index is 6.05. The number of hydrogen-bond acceptors (Lipinski definition) is 0. The van der Waals surface area contributed by atoms with Gasteiger partial charge >= 0.3 is 0 Å². The lowest BCUT2D eigenvalue weighted by Gasteiger charge is -2.26. The summed E-state index contributed by atoms with van der Waals surface area (Å²) in [6.45, 7) is 8.52. The standard InChI is InChI=1S/C7H16Cl2P/c1-5-10(4,6(2)8)7(3)9/h6-7H,5H2,1-4H3/q+1. The van der Waals surface area contributed by atoms with Gasteiger partial charge in [-0.15, -0.1) is 0 Å². The van der Waals surface area contributed by atoms with Crippen LogP contribution in [0.5, 0.6) is 0 Å². The maximum Gasteiger partial charge on any atom is 0.140 e. The minimum atomic E-state index is -1.06. The first-order chi connectivity index (χ1) is 4.45. The first-order valence-corrected chi connectivity index (χ1v) is 7.01. The van der Waals surface area contributed by atoms with Crippen molar-refractivity contribution in [3.63, 3.8) is 0 Å². The zero-order valence-corrected chi connectivity index (χ0v) is 9.47. The van der Waals surface area contributed by atoms with E-state index in [2.05, 4.69) is 27.4 Å². The largest absolute Gasteiger partial charge is 0.140 e. The molecule has 2 atom stereocenters. The molecule has 0 N–H and O–H groups in total. The van der Waals surface area contributed by atoms with E-state index < -0.39 is 7.26 Å². The Labute approximate surface area is 74.6 Å². The summed E-state index contributed by atoms with van der Waals surface area (Å²) in [6, 6.07) is 0. The van der Waals surface area contributed by atoms with Crippen molar-refractivity contribution in [1.82, 2.24) is 0 Å². The minimum Gasteiger partial charge on any atom is -0.0789 e. The lowest BCUT2D eigenvalue weighted by atomic mass is 10.9. The van der Waals surface area contributed by atoms with Crippen molar-refractivity contribution in [2.24, 2.45) is 0 Å². The fourth-order valence-electron chi connectivity index (χ4n) is 0.786. The van der Waals surface area contributed by atoms with Crippen molar-refractivity contribution in [1.29, 1.82) is 0 Å². The van der Waals surface area contributed by atoms with Crippen molar-refractivity contribution < 1.29 is 0 Å². The first-order valence-electron chi connectivity index (χ1n) is 3.58. The van der Waals surface area contributed by atoms with Crippen LogP contribution in [0.15, 0.2) is 0 Å². The summed E-state index contributed by atoms with van der Waals surface area (Å²) in [7, 11) is -1.06. The van der Waals surface area contributed by atoms with E-state index in [0.717, 1.165) is 6.16 Å². The molecule has 0 aromatic carbocycles. The van der Waals surface area contributed by atoms with Gasteiger partial charge in [0.05, 0.1) is 12.8 Å². The molecule has 0 radical (unpaired) electrons. The SMILES string of the molecule is CC[P+](C)(C(C)Cl)C(C)Cl. The highest BCUT2D eigenvalue weighted by atomic mass is 35.5. The summed E-state index contributed by atoms with van der Waals surface area (Å²) < 4.78 is 0. The third kappa shape index (κ3) is 2.26. The molecule has 0 aliphatic heterocycles. The summed E-state index contributed by atoms with van der Waals surface area (Å²) in [4.78, 5) is 0. The molecular weight excluding hydrogens is 186 g/mol. The van der Waals surface area contributed by atoms with E-state index >= 15 is 0 Å². The Hall–Kier alpha value is 1.01. The highest BCUT2D eigenvalue weighted by molar-refractivity contribution is 7.79. The molecular formula is C7H16Cl2P+. The van der Waals surface area contributed by atoms with Crippen molar-refractivity contribution in [3.8, 4) is 0 Å². The molecule has 0 aromatic heterocycles. The van der Waals surface area contributed by atoms with Crippen LogP contribution in [-0.2, 0) is 0 Å². The van der Waals surface area contributed by atoms with Crippen LogP contribution in [0.3, 0.4) is 0 Å². The number of rotatable bonds is 3. The summed E-state index contributed by atoms with van der Waals surface area (Å²) in [5, 5.41) is 0.509. The van der Waals surface area contributed by atoms with Gasteiger partial charge in [0.2, 0.25) is 0 Å². The summed E-state index contributed by atoms with van der Waals surface area (Å²) in [6.07, 6.45) is 1.14. The molecule has 0 heterocycles. The molecule has 0 amide bonds. The van der Waals surface area contributed by atoms with E-state index in [1.807, 2.05) is 0 Å². The Bertz CT molecular complexity index is 93.8. The van der Waals surface area contributed by atoms with E-state index in [4.69, 9.17) is 23.2 Å². The van der Waals surface area contributed by atoms with Crippen LogP contribution < -0.4 is 0 Å². The predicted octanol–water partition coefficient (Wildman–Crippen LogP) is 3.82. The average molecular weight is 202 g/mol. The molecule has 3 heteroatoms. The van der Waals surface area contributed by atoms with Gasteiger partial charge in [-0.2, -0.15) is 0 Å². The Balaban J connectivity index is 4.23. The third-order valence-corrected chi connectivity index (χ3v) is 9.60. The van der Waals surface area contributed by atoms with Gasteiger partial charge in [0.25, 0.3) is 0 Å². The van der Waals surface area contributed by atoms with Crippen molar-refractivity contribution >= 4 is 30.5 Å². The predicted molar refractivity (Wildman–Crippen MR) is 54.0 cm³/mol. The molecule has 62 valence electrons. The third-order valence-electron chi connectivity index (χ3n) is 2.31. The Morgan fingerprint density at radius 1 is 1.20 bits per heavy atom. The molecule has 0 aliphatic carbocycles. The molecule has 0 aliphatic rings. The van der Waals surface area contributed by atoms with Crippen LogP contribution in [0.2, 0.25) is 0 Å². The van der Waals surface area contributed by atoms with Crippen molar-refractivity contribution in [2.45, 2.75) is 31.0 Å². The Morgan fingerprint density at radius 3 is 1.50 bits per heavy atom. The van der Waals surface area contributed by atoms with Gasteiger partial charge in [0.1, 0.15) is 10.2 Å². The topological polar surface area (TPSA) is 0 Å². The summed E-state index contributed by atoms with van der Waals surface area (Å²) in [5.41, 5.74) is 0. The molecule has 0 spiro atoms. The fraction of sp³-hybridized carbons (Fsp3) is 1.00. The zero-order valence-electron chi connectivity index (χ0n) is 7.06. The Morgan fingerprint density at radius 2 is 1.50 bits per heavy atom. The highest BCUT2D eigenvalue weighted by Gasteiger charge is 2.40. The molecule has 2 unspecified atom stereocenters. The Kier molecular flexibility index (Phi) is 4.56. The molecule has 0 aromatic rings. The van der Waals surface area contributed by atoms with Gasteiger partial charge in [0, 0.05) is 7.26 Å². The van der Waals surface area contributed by atoms with E-state index in [0.29, 0.717) is 0 Å². The van der Waals surface area contributed by atoms with E-state index in [1.54, 1.807) is 0 Å². The van der Waals surface area contributed by atoms with Crippen LogP contribution in [0.4, 0.5) is 0 Å². The van der Waals surface area contributed by atoms with Gasteiger partial charge in [-0.05, 0) is 20.8 Å². The number of halogens is 2. The van der Waals surface area contributed by atoms with Gasteiger partial charge in [0.15, 0.2) is 0 Å².